The van der Waals surface area contributed by atoms with Crippen molar-refractivity contribution in [2.24, 2.45) is 0 Å². The predicted molar refractivity (Wildman–Crippen MR) is 107 cm³/mol. The van der Waals surface area contributed by atoms with Crippen LogP contribution in [0.15, 0.2) is 24.3 Å². The molecule has 0 aromatic heterocycles. The van der Waals surface area contributed by atoms with Crippen molar-refractivity contribution < 1.29 is 23.8 Å². The van der Waals surface area contributed by atoms with Crippen LogP contribution < -0.4 is 10.1 Å². The average Bonchev–Trinajstić information content (AvgIpc) is 3.13. The molecule has 29 heavy (non-hydrogen) atoms. The number of benzene rings is 1. The molecule has 0 radical (unpaired) electrons. The first-order chi connectivity index (χ1) is 14.2. The monoisotopic (exact) mass is 402 g/mol. The van der Waals surface area contributed by atoms with Gasteiger partial charge in [0.1, 0.15) is 12.4 Å². The number of hydrogen-bond acceptors (Lipinski definition) is 5. The molecule has 1 saturated carbocycles. The van der Waals surface area contributed by atoms with E-state index >= 15 is 0 Å². The van der Waals surface area contributed by atoms with E-state index in [0.717, 1.165) is 31.4 Å². The molecule has 7 nitrogen and oxygen atoms in total. The lowest BCUT2D eigenvalue weighted by molar-refractivity contribution is -0.137. The summed E-state index contributed by atoms with van der Waals surface area (Å²) in [6, 6.07) is 7.76. The average molecular weight is 402 g/mol. The maximum Gasteiger partial charge on any atom is 0.260 e. The van der Waals surface area contributed by atoms with Gasteiger partial charge in [0.2, 0.25) is 5.91 Å². The summed E-state index contributed by atoms with van der Waals surface area (Å²) < 4.78 is 17.2. The van der Waals surface area contributed by atoms with Crippen molar-refractivity contribution in [2.75, 3.05) is 33.5 Å². The molecule has 2 bridgehead atoms. The predicted octanol–water partition coefficient (Wildman–Crippen LogP) is 1.85. The van der Waals surface area contributed by atoms with Gasteiger partial charge in [-0.1, -0.05) is 18.2 Å². The quantitative estimate of drug-likeness (QED) is 0.835. The van der Waals surface area contributed by atoms with E-state index in [1.165, 1.54) is 12.7 Å². The van der Waals surface area contributed by atoms with Gasteiger partial charge in [-0.3, -0.25) is 9.59 Å². The third-order valence-corrected chi connectivity index (χ3v) is 6.37. The highest BCUT2D eigenvalue weighted by atomic mass is 16.5. The van der Waals surface area contributed by atoms with Crippen molar-refractivity contribution in [1.29, 1.82) is 0 Å². The second kappa shape index (κ2) is 9.13. The van der Waals surface area contributed by atoms with Crippen LogP contribution in [0.25, 0.3) is 0 Å². The lowest BCUT2D eigenvalue weighted by Crippen LogP contribution is -2.51. The zero-order valence-electron chi connectivity index (χ0n) is 17.0. The zero-order valence-corrected chi connectivity index (χ0v) is 17.0. The van der Waals surface area contributed by atoms with Crippen LogP contribution in [0.3, 0.4) is 0 Å². The number of amides is 2. The summed E-state index contributed by atoms with van der Waals surface area (Å²) in [6.07, 6.45) is 5.02. The van der Waals surface area contributed by atoms with Crippen LogP contribution in [0.4, 0.5) is 0 Å². The fourth-order valence-corrected chi connectivity index (χ4v) is 4.86. The SMILES string of the molecule is COCC(=O)N[C@H]1CCN2C(=O)COc3ccccc3C3CCC(CC3)OCC12. The van der Waals surface area contributed by atoms with Crippen molar-refractivity contribution in [1.82, 2.24) is 10.2 Å². The van der Waals surface area contributed by atoms with Crippen molar-refractivity contribution in [2.45, 2.75) is 56.2 Å². The van der Waals surface area contributed by atoms with Gasteiger partial charge in [-0.2, -0.15) is 0 Å². The van der Waals surface area contributed by atoms with Crippen LogP contribution in [0.5, 0.6) is 5.75 Å². The Morgan fingerprint density at radius 1 is 1.21 bits per heavy atom. The number of rotatable bonds is 3. The van der Waals surface area contributed by atoms with Crippen LogP contribution >= 0.6 is 0 Å². The standard InChI is InChI=1S/C22H30N2O5/c1-27-13-21(25)23-18-10-11-24-19(18)12-28-16-8-6-15(7-9-16)17-4-2-3-5-20(17)29-14-22(24)26/h2-5,15-16,18-19H,6-14H2,1H3,(H,23,25)/t15?,16?,18-,19?/m0/s1. The second-order valence-corrected chi connectivity index (χ2v) is 8.18. The van der Waals surface area contributed by atoms with Gasteiger partial charge in [-0.15, -0.1) is 0 Å². The zero-order chi connectivity index (χ0) is 20.2. The van der Waals surface area contributed by atoms with Gasteiger partial charge >= 0.3 is 0 Å². The second-order valence-electron chi connectivity index (χ2n) is 8.18. The molecule has 7 heteroatoms. The summed E-state index contributed by atoms with van der Waals surface area (Å²) in [5.74, 6) is 1.02. The summed E-state index contributed by atoms with van der Waals surface area (Å²) in [5, 5.41) is 3.00. The topological polar surface area (TPSA) is 77.1 Å². The van der Waals surface area contributed by atoms with Crippen LogP contribution in [-0.4, -0.2) is 68.4 Å². The molecule has 3 heterocycles. The molecule has 1 N–H and O–H groups in total. The maximum atomic E-state index is 13.0. The number of para-hydroxylation sites is 1. The Kier molecular flexibility index (Phi) is 6.35. The fourth-order valence-electron chi connectivity index (χ4n) is 4.86. The number of fused-ring (bicyclic) bond motifs is 5. The Bertz CT molecular complexity index is 732. The van der Waals surface area contributed by atoms with Gasteiger partial charge in [0.25, 0.3) is 5.91 Å². The number of hydrogen-bond donors (Lipinski definition) is 1. The minimum absolute atomic E-state index is 0.00238. The summed E-state index contributed by atoms with van der Waals surface area (Å²) >= 11 is 0. The number of carbonyl (C=O) groups excluding carboxylic acids is 2. The van der Waals surface area contributed by atoms with Crippen molar-refractivity contribution in [3.05, 3.63) is 29.8 Å². The summed E-state index contributed by atoms with van der Waals surface area (Å²) in [5.41, 5.74) is 1.20. The molecular weight excluding hydrogens is 372 g/mol. The molecule has 2 atom stereocenters. The van der Waals surface area contributed by atoms with Gasteiger partial charge in [0.15, 0.2) is 6.61 Å². The molecule has 4 aliphatic rings. The molecular formula is C22H30N2O5. The Hall–Kier alpha value is -2.12. The molecule has 1 saturated heterocycles. The van der Waals surface area contributed by atoms with Gasteiger partial charge in [0.05, 0.1) is 24.8 Å². The highest BCUT2D eigenvalue weighted by Gasteiger charge is 2.39. The number of nitrogens with zero attached hydrogens (tertiary/aromatic N) is 1. The maximum absolute atomic E-state index is 13.0. The first-order valence-corrected chi connectivity index (χ1v) is 10.6. The molecule has 0 spiro atoms. The lowest BCUT2D eigenvalue weighted by Gasteiger charge is -2.32. The molecule has 1 unspecified atom stereocenters. The lowest BCUT2D eigenvalue weighted by atomic mass is 9.82. The van der Waals surface area contributed by atoms with Crippen molar-refractivity contribution in [3.63, 3.8) is 0 Å². The Balaban J connectivity index is 1.54. The third kappa shape index (κ3) is 4.56. The molecule has 1 aromatic carbocycles. The number of carbonyl (C=O) groups is 2. The molecule has 5 rings (SSSR count). The Morgan fingerprint density at radius 2 is 2.00 bits per heavy atom. The van der Waals surface area contributed by atoms with E-state index in [9.17, 15) is 9.59 Å². The highest BCUT2D eigenvalue weighted by molar-refractivity contribution is 5.80. The van der Waals surface area contributed by atoms with E-state index in [1.54, 1.807) is 0 Å². The molecule has 158 valence electrons. The van der Waals surface area contributed by atoms with E-state index in [0.29, 0.717) is 25.5 Å². The summed E-state index contributed by atoms with van der Waals surface area (Å²) in [6.45, 7) is 1.04. The van der Waals surface area contributed by atoms with Crippen molar-refractivity contribution >= 4 is 11.8 Å². The van der Waals surface area contributed by atoms with Crippen LogP contribution in [0, 0.1) is 0 Å². The highest BCUT2D eigenvalue weighted by Crippen LogP contribution is 2.38. The third-order valence-electron chi connectivity index (χ3n) is 6.37. The summed E-state index contributed by atoms with van der Waals surface area (Å²) in [7, 11) is 1.50. The minimum atomic E-state index is -0.180. The van der Waals surface area contributed by atoms with Gasteiger partial charge in [-0.25, -0.2) is 0 Å². The van der Waals surface area contributed by atoms with Gasteiger partial charge < -0.3 is 24.4 Å². The largest absolute Gasteiger partial charge is 0.483 e. The van der Waals surface area contributed by atoms with Gasteiger partial charge in [0, 0.05) is 13.7 Å². The molecule has 2 fully saturated rings. The Morgan fingerprint density at radius 3 is 2.79 bits per heavy atom. The number of nitrogens with one attached hydrogen (secondary N) is 1. The van der Waals surface area contributed by atoms with E-state index in [-0.39, 0.29) is 43.2 Å². The first-order valence-electron chi connectivity index (χ1n) is 10.6. The van der Waals surface area contributed by atoms with Crippen LogP contribution in [0.2, 0.25) is 0 Å². The molecule has 2 amide bonds. The van der Waals surface area contributed by atoms with E-state index in [1.807, 2.05) is 23.1 Å². The number of ether oxygens (including phenoxy) is 3. The van der Waals surface area contributed by atoms with Crippen LogP contribution in [0.1, 0.15) is 43.6 Å². The fraction of sp³-hybridized carbons (Fsp3) is 0.636. The molecule has 1 aromatic rings. The van der Waals surface area contributed by atoms with Gasteiger partial charge in [-0.05, 0) is 49.7 Å². The van der Waals surface area contributed by atoms with Crippen molar-refractivity contribution in [3.8, 4) is 5.75 Å². The first kappa shape index (κ1) is 20.2. The van der Waals surface area contributed by atoms with E-state index in [4.69, 9.17) is 14.2 Å². The molecule has 1 aliphatic carbocycles. The minimum Gasteiger partial charge on any atom is -0.483 e. The molecule has 3 aliphatic heterocycles. The normalized spacial score (nSPS) is 29.7. The van der Waals surface area contributed by atoms with E-state index in [2.05, 4.69) is 11.4 Å². The smallest absolute Gasteiger partial charge is 0.260 e. The summed E-state index contributed by atoms with van der Waals surface area (Å²) in [4.78, 5) is 26.8. The van der Waals surface area contributed by atoms with Crippen LogP contribution in [-0.2, 0) is 19.1 Å². The van der Waals surface area contributed by atoms with E-state index < -0.39 is 0 Å². The number of methoxy groups -OCH3 is 1. The Labute approximate surface area is 171 Å².